The summed E-state index contributed by atoms with van der Waals surface area (Å²) in [7, 11) is 1.98. The van der Waals surface area contributed by atoms with Gasteiger partial charge in [0.15, 0.2) is 0 Å². The molecule has 102 valence electrons. The molecule has 2 aromatic rings. The van der Waals surface area contributed by atoms with Crippen molar-refractivity contribution in [3.63, 3.8) is 0 Å². The summed E-state index contributed by atoms with van der Waals surface area (Å²) in [5.41, 5.74) is 3.69. The van der Waals surface area contributed by atoms with Crippen molar-refractivity contribution in [2.45, 2.75) is 25.2 Å². The van der Waals surface area contributed by atoms with Gasteiger partial charge in [0.2, 0.25) is 0 Å². The first-order valence-corrected chi connectivity index (χ1v) is 8.44. The van der Waals surface area contributed by atoms with Crippen molar-refractivity contribution in [3.05, 3.63) is 34.2 Å². The maximum atomic E-state index is 4.77. The van der Waals surface area contributed by atoms with Gasteiger partial charge in [-0.05, 0) is 31.9 Å². The number of hydrogen-bond donors (Lipinski definition) is 1. The summed E-state index contributed by atoms with van der Waals surface area (Å²) >= 11 is 3.64. The van der Waals surface area contributed by atoms with Gasteiger partial charge in [-0.1, -0.05) is 18.6 Å². The van der Waals surface area contributed by atoms with Gasteiger partial charge in [-0.3, -0.25) is 0 Å². The van der Waals surface area contributed by atoms with E-state index >= 15 is 0 Å². The van der Waals surface area contributed by atoms with E-state index in [2.05, 4.69) is 42.7 Å². The molecule has 1 N–H and O–H groups in total. The second kappa shape index (κ2) is 7.08. The molecule has 0 bridgehead atoms. The standard InChI is InChI=1S/C15H20N2S2/c1-4-18-14-6-5-11(2)9-12(14)13-10-19-15(17-13)7-8-16-3/h5-6,9-10,16H,4,7-8H2,1-3H3. The van der Waals surface area contributed by atoms with E-state index in [0.717, 1.165) is 24.4 Å². The van der Waals surface area contributed by atoms with Crippen molar-refractivity contribution in [1.82, 2.24) is 10.3 Å². The summed E-state index contributed by atoms with van der Waals surface area (Å²) in [5.74, 6) is 1.09. The molecule has 1 aromatic heterocycles. The fourth-order valence-corrected chi connectivity index (χ4v) is 3.50. The lowest BCUT2D eigenvalue weighted by molar-refractivity contribution is 0.788. The van der Waals surface area contributed by atoms with E-state index in [1.165, 1.54) is 21.0 Å². The molecule has 1 heterocycles. The number of aromatic nitrogens is 1. The maximum Gasteiger partial charge on any atom is 0.0945 e. The van der Waals surface area contributed by atoms with Crippen LogP contribution in [0.3, 0.4) is 0 Å². The van der Waals surface area contributed by atoms with Crippen molar-refractivity contribution in [1.29, 1.82) is 0 Å². The van der Waals surface area contributed by atoms with Crippen LogP contribution in [-0.4, -0.2) is 24.3 Å². The van der Waals surface area contributed by atoms with Crippen molar-refractivity contribution in [2.75, 3.05) is 19.3 Å². The number of likely N-dealkylation sites (N-methyl/N-ethyl adjacent to an activating group) is 1. The highest BCUT2D eigenvalue weighted by atomic mass is 32.2. The number of nitrogens with one attached hydrogen (secondary N) is 1. The molecular weight excluding hydrogens is 272 g/mol. The second-order valence-corrected chi connectivity index (χ2v) is 6.66. The molecule has 0 amide bonds. The van der Waals surface area contributed by atoms with E-state index in [1.807, 2.05) is 18.8 Å². The molecule has 0 aliphatic carbocycles. The lowest BCUT2D eigenvalue weighted by atomic mass is 10.1. The van der Waals surface area contributed by atoms with Crippen LogP contribution >= 0.6 is 23.1 Å². The van der Waals surface area contributed by atoms with Crippen LogP contribution in [0.2, 0.25) is 0 Å². The first-order chi connectivity index (χ1) is 9.24. The van der Waals surface area contributed by atoms with E-state index in [1.54, 1.807) is 11.3 Å². The number of nitrogens with zero attached hydrogens (tertiary/aromatic N) is 1. The molecule has 0 unspecified atom stereocenters. The zero-order valence-corrected chi connectivity index (χ0v) is 13.3. The fourth-order valence-electron chi connectivity index (χ4n) is 1.91. The molecule has 2 rings (SSSR count). The Morgan fingerprint density at radius 1 is 1.37 bits per heavy atom. The van der Waals surface area contributed by atoms with Crippen LogP contribution in [0.5, 0.6) is 0 Å². The third-order valence-corrected chi connectivity index (χ3v) is 4.72. The van der Waals surface area contributed by atoms with Crippen LogP contribution in [-0.2, 0) is 6.42 Å². The number of thioether (sulfide) groups is 1. The Morgan fingerprint density at radius 2 is 2.21 bits per heavy atom. The molecule has 0 aliphatic heterocycles. The second-order valence-electron chi connectivity index (χ2n) is 4.41. The minimum atomic E-state index is 0.983. The smallest absolute Gasteiger partial charge is 0.0945 e. The molecule has 4 heteroatoms. The first kappa shape index (κ1) is 14.6. The summed E-state index contributed by atoms with van der Waals surface area (Å²) in [6, 6.07) is 6.64. The topological polar surface area (TPSA) is 24.9 Å². The highest BCUT2D eigenvalue weighted by Gasteiger charge is 2.09. The molecule has 1 aromatic carbocycles. The molecule has 0 aliphatic rings. The summed E-state index contributed by atoms with van der Waals surface area (Å²) in [6.45, 7) is 5.31. The lowest BCUT2D eigenvalue weighted by Gasteiger charge is -2.07. The van der Waals surface area contributed by atoms with E-state index in [9.17, 15) is 0 Å². The van der Waals surface area contributed by atoms with Gasteiger partial charge < -0.3 is 5.32 Å². The number of rotatable bonds is 6. The minimum absolute atomic E-state index is 0.983. The van der Waals surface area contributed by atoms with Crippen LogP contribution in [0.1, 0.15) is 17.5 Å². The van der Waals surface area contributed by atoms with Crippen molar-refractivity contribution >= 4 is 23.1 Å². The molecule has 0 radical (unpaired) electrons. The highest BCUT2D eigenvalue weighted by molar-refractivity contribution is 7.99. The van der Waals surface area contributed by atoms with E-state index < -0.39 is 0 Å². The molecule has 0 saturated carbocycles. The van der Waals surface area contributed by atoms with Crippen LogP contribution in [0, 0.1) is 6.92 Å². The maximum absolute atomic E-state index is 4.77. The normalized spacial score (nSPS) is 10.9. The Labute approximate surface area is 123 Å². The lowest BCUT2D eigenvalue weighted by Crippen LogP contribution is -2.09. The molecular formula is C15H20N2S2. The van der Waals surface area contributed by atoms with Gasteiger partial charge in [0, 0.05) is 28.8 Å². The highest BCUT2D eigenvalue weighted by Crippen LogP contribution is 2.32. The van der Waals surface area contributed by atoms with Crippen molar-refractivity contribution in [2.24, 2.45) is 0 Å². The largest absolute Gasteiger partial charge is 0.319 e. The Hall–Kier alpha value is -0.840. The first-order valence-electron chi connectivity index (χ1n) is 6.57. The molecule has 0 fully saturated rings. The SMILES string of the molecule is CCSc1ccc(C)cc1-c1csc(CCNC)n1. The number of hydrogen-bond acceptors (Lipinski definition) is 4. The van der Waals surface area contributed by atoms with Crippen LogP contribution in [0.25, 0.3) is 11.3 Å². The van der Waals surface area contributed by atoms with Gasteiger partial charge in [-0.25, -0.2) is 4.98 Å². The summed E-state index contributed by atoms with van der Waals surface area (Å²) in [6.07, 6.45) is 1.00. The van der Waals surface area contributed by atoms with Gasteiger partial charge in [-0.2, -0.15) is 0 Å². The summed E-state index contributed by atoms with van der Waals surface area (Å²) in [4.78, 5) is 6.10. The monoisotopic (exact) mass is 292 g/mol. The van der Waals surface area contributed by atoms with Crippen molar-refractivity contribution < 1.29 is 0 Å². The summed E-state index contributed by atoms with van der Waals surface area (Å²) < 4.78 is 0. The van der Waals surface area contributed by atoms with Crippen LogP contribution < -0.4 is 5.32 Å². The fraction of sp³-hybridized carbons (Fsp3) is 0.400. The number of aryl methyl sites for hydroxylation is 1. The predicted octanol–water partition coefficient (Wildman–Crippen LogP) is 3.99. The van der Waals surface area contributed by atoms with Crippen molar-refractivity contribution in [3.8, 4) is 11.3 Å². The molecule has 19 heavy (non-hydrogen) atoms. The number of thiazole rings is 1. The van der Waals surface area contributed by atoms with E-state index in [0.29, 0.717) is 0 Å². The molecule has 0 saturated heterocycles. The van der Waals surface area contributed by atoms with Crippen LogP contribution in [0.4, 0.5) is 0 Å². The Bertz CT molecular complexity index is 535. The third-order valence-electron chi connectivity index (χ3n) is 2.85. The summed E-state index contributed by atoms with van der Waals surface area (Å²) in [5, 5.41) is 6.56. The average Bonchev–Trinajstić information content (AvgIpc) is 2.87. The van der Waals surface area contributed by atoms with Gasteiger partial charge in [0.05, 0.1) is 10.7 Å². The molecule has 2 nitrogen and oxygen atoms in total. The quantitative estimate of drug-likeness (QED) is 0.815. The van der Waals surface area contributed by atoms with Gasteiger partial charge >= 0.3 is 0 Å². The third kappa shape index (κ3) is 3.81. The van der Waals surface area contributed by atoms with Gasteiger partial charge in [0.1, 0.15) is 0 Å². The molecule has 0 spiro atoms. The van der Waals surface area contributed by atoms with Gasteiger partial charge in [-0.15, -0.1) is 23.1 Å². The zero-order valence-electron chi connectivity index (χ0n) is 11.7. The zero-order chi connectivity index (χ0) is 13.7. The van der Waals surface area contributed by atoms with E-state index in [-0.39, 0.29) is 0 Å². The average molecular weight is 292 g/mol. The predicted molar refractivity (Wildman–Crippen MR) is 86.3 cm³/mol. The Morgan fingerprint density at radius 3 is 2.95 bits per heavy atom. The Kier molecular flexibility index (Phi) is 5.43. The molecule has 0 atom stereocenters. The van der Waals surface area contributed by atoms with Gasteiger partial charge in [0.25, 0.3) is 0 Å². The van der Waals surface area contributed by atoms with Crippen LogP contribution in [0.15, 0.2) is 28.5 Å². The Balaban J connectivity index is 2.29. The number of benzene rings is 1. The van der Waals surface area contributed by atoms with E-state index in [4.69, 9.17) is 4.98 Å². The minimum Gasteiger partial charge on any atom is -0.319 e.